The lowest BCUT2D eigenvalue weighted by Crippen LogP contribution is -2.56. The number of hydrogen-bond acceptors (Lipinski definition) is 7. The molecular formula is C25H39N3O7. The number of amides is 3. The summed E-state index contributed by atoms with van der Waals surface area (Å²) in [7, 11) is 1.59. The van der Waals surface area contributed by atoms with E-state index in [2.05, 4.69) is 5.32 Å². The van der Waals surface area contributed by atoms with Crippen LogP contribution in [0, 0.1) is 5.92 Å². The third-order valence-electron chi connectivity index (χ3n) is 5.05. The van der Waals surface area contributed by atoms with Gasteiger partial charge in [0.1, 0.15) is 11.2 Å². The number of nitrogens with one attached hydrogen (secondary N) is 1. The van der Waals surface area contributed by atoms with Crippen LogP contribution in [0.3, 0.4) is 0 Å². The molecule has 10 heteroatoms. The molecule has 1 heterocycles. The number of carbonyl (C=O) groups excluding carboxylic acids is 3. The number of ether oxygens (including phenoxy) is 3. The minimum atomic E-state index is -0.771. The summed E-state index contributed by atoms with van der Waals surface area (Å²) in [5.74, 6) is -0.0113. The molecule has 1 aliphatic rings. The smallest absolute Gasteiger partial charge is 0.444 e. The van der Waals surface area contributed by atoms with E-state index >= 15 is 0 Å². The fourth-order valence-electron chi connectivity index (χ4n) is 3.55. The molecule has 1 N–H and O–H groups in total. The van der Waals surface area contributed by atoms with E-state index in [-0.39, 0.29) is 19.0 Å². The highest BCUT2D eigenvalue weighted by molar-refractivity contribution is 5.73. The van der Waals surface area contributed by atoms with Gasteiger partial charge in [0, 0.05) is 26.1 Å². The average molecular weight is 494 g/mol. The lowest BCUT2D eigenvalue weighted by Gasteiger charge is -2.38. The molecule has 0 bridgehead atoms. The minimum Gasteiger partial charge on any atom is -0.444 e. The second-order valence-electron chi connectivity index (χ2n) is 10.6. The molecule has 0 radical (unpaired) electrons. The normalized spacial score (nSPS) is 18.4. The quantitative estimate of drug-likeness (QED) is 0.608. The van der Waals surface area contributed by atoms with Gasteiger partial charge in [-0.15, -0.1) is 5.06 Å². The molecule has 196 valence electrons. The summed E-state index contributed by atoms with van der Waals surface area (Å²) in [4.78, 5) is 45.2. The Bertz CT molecular complexity index is 849. The number of benzene rings is 1. The summed E-state index contributed by atoms with van der Waals surface area (Å²) in [6, 6.07) is 8.76. The van der Waals surface area contributed by atoms with Crippen molar-refractivity contribution < 1.29 is 33.4 Å². The zero-order valence-corrected chi connectivity index (χ0v) is 21.8. The van der Waals surface area contributed by atoms with E-state index in [1.807, 2.05) is 30.3 Å². The lowest BCUT2D eigenvalue weighted by atomic mass is 9.92. The molecule has 10 nitrogen and oxygen atoms in total. The van der Waals surface area contributed by atoms with Crippen LogP contribution < -0.4 is 5.32 Å². The highest BCUT2D eigenvalue weighted by Crippen LogP contribution is 2.21. The third kappa shape index (κ3) is 10.0. The first-order valence-corrected chi connectivity index (χ1v) is 11.8. The molecule has 0 aliphatic carbocycles. The Labute approximate surface area is 207 Å². The third-order valence-corrected chi connectivity index (χ3v) is 5.05. The maximum atomic E-state index is 13.1. The number of nitrogens with zero attached hydrogens (tertiary/aromatic N) is 2. The average Bonchev–Trinajstić information content (AvgIpc) is 2.72. The highest BCUT2D eigenvalue weighted by atomic mass is 16.8. The van der Waals surface area contributed by atoms with Gasteiger partial charge in [-0.1, -0.05) is 30.3 Å². The van der Waals surface area contributed by atoms with Crippen molar-refractivity contribution >= 4 is 18.3 Å². The van der Waals surface area contributed by atoms with Gasteiger partial charge < -0.3 is 29.3 Å². The van der Waals surface area contributed by atoms with Crippen LogP contribution in [0.15, 0.2) is 30.3 Å². The van der Waals surface area contributed by atoms with Gasteiger partial charge in [0.2, 0.25) is 0 Å². The van der Waals surface area contributed by atoms with Gasteiger partial charge in [0.05, 0.1) is 19.2 Å². The van der Waals surface area contributed by atoms with Crippen LogP contribution in [-0.4, -0.2) is 72.3 Å². The van der Waals surface area contributed by atoms with Crippen LogP contribution >= 0.6 is 0 Å². The van der Waals surface area contributed by atoms with E-state index in [0.29, 0.717) is 19.6 Å². The van der Waals surface area contributed by atoms with E-state index in [9.17, 15) is 14.4 Å². The topological polar surface area (TPSA) is 107 Å². The van der Waals surface area contributed by atoms with Crippen molar-refractivity contribution in [3.63, 3.8) is 0 Å². The molecule has 1 saturated heterocycles. The summed E-state index contributed by atoms with van der Waals surface area (Å²) in [5.41, 5.74) is -0.645. The van der Waals surface area contributed by atoms with Crippen molar-refractivity contribution in [1.29, 1.82) is 0 Å². The Kier molecular flexibility index (Phi) is 9.76. The second kappa shape index (κ2) is 12.1. The molecule has 3 amide bonds. The summed E-state index contributed by atoms with van der Waals surface area (Å²) in [6.07, 6.45) is -1.47. The Hall–Kier alpha value is -3.01. The predicted octanol–water partition coefficient (Wildman–Crippen LogP) is 4.34. The van der Waals surface area contributed by atoms with Gasteiger partial charge >= 0.3 is 18.3 Å². The molecule has 2 atom stereocenters. The Balaban J connectivity index is 2.12. The fourth-order valence-corrected chi connectivity index (χ4v) is 3.55. The van der Waals surface area contributed by atoms with Crippen molar-refractivity contribution in [2.24, 2.45) is 5.92 Å². The van der Waals surface area contributed by atoms with Crippen molar-refractivity contribution in [2.75, 3.05) is 26.8 Å². The Morgan fingerprint density at radius 1 is 1.03 bits per heavy atom. The molecule has 1 aromatic rings. The SMILES string of the molecule is COCC1CCN(C(=O)ON(Cc2ccccc2)C(=O)OC(C)(C)C)CC1NC(=O)OC(C)(C)C. The van der Waals surface area contributed by atoms with Crippen LogP contribution in [-0.2, 0) is 25.6 Å². The molecule has 0 spiro atoms. The number of methoxy groups -OCH3 is 1. The van der Waals surface area contributed by atoms with E-state index in [0.717, 1.165) is 10.6 Å². The van der Waals surface area contributed by atoms with Crippen molar-refractivity contribution in [2.45, 2.75) is 71.8 Å². The number of alkyl carbamates (subject to hydrolysis) is 1. The first-order chi connectivity index (χ1) is 16.3. The number of carbonyl (C=O) groups is 3. The number of rotatable bonds is 5. The molecule has 2 rings (SSSR count). The summed E-state index contributed by atoms with van der Waals surface area (Å²) < 4.78 is 16.1. The van der Waals surface area contributed by atoms with Crippen molar-refractivity contribution in [3.8, 4) is 0 Å². The second-order valence-corrected chi connectivity index (χ2v) is 10.6. The zero-order valence-electron chi connectivity index (χ0n) is 21.8. The van der Waals surface area contributed by atoms with Gasteiger partial charge in [0.25, 0.3) is 0 Å². The van der Waals surface area contributed by atoms with Crippen molar-refractivity contribution in [1.82, 2.24) is 15.3 Å². The van der Waals surface area contributed by atoms with Gasteiger partial charge in [-0.25, -0.2) is 14.4 Å². The first-order valence-electron chi connectivity index (χ1n) is 11.8. The van der Waals surface area contributed by atoms with Crippen LogP contribution in [0.2, 0.25) is 0 Å². The van der Waals surface area contributed by atoms with Crippen LogP contribution in [0.4, 0.5) is 14.4 Å². The van der Waals surface area contributed by atoms with E-state index in [4.69, 9.17) is 19.0 Å². The number of hydrogen-bond donors (Lipinski definition) is 1. The lowest BCUT2D eigenvalue weighted by molar-refractivity contribution is -0.118. The number of hydroxylamine groups is 2. The van der Waals surface area contributed by atoms with E-state index < -0.39 is 35.5 Å². The summed E-state index contributed by atoms with van der Waals surface area (Å²) in [6.45, 7) is 11.6. The van der Waals surface area contributed by atoms with Gasteiger partial charge in [0.15, 0.2) is 0 Å². The highest BCUT2D eigenvalue weighted by Gasteiger charge is 2.36. The monoisotopic (exact) mass is 493 g/mol. The maximum Gasteiger partial charge on any atom is 0.444 e. The predicted molar refractivity (Wildman–Crippen MR) is 129 cm³/mol. The standard InChI is InChI=1S/C25H39N3O7/c1-24(2,3)33-21(29)26-20-16-27(14-13-19(20)17-32-7)22(30)35-28(23(31)34-25(4,5)6)15-18-11-9-8-10-12-18/h8-12,19-20H,13-17H2,1-7H3,(H,26,29). The van der Waals surface area contributed by atoms with Crippen LogP contribution in [0.1, 0.15) is 53.5 Å². The molecule has 1 aliphatic heterocycles. The van der Waals surface area contributed by atoms with Crippen molar-refractivity contribution in [3.05, 3.63) is 35.9 Å². The molecule has 0 aromatic heterocycles. The number of likely N-dealkylation sites (tertiary alicyclic amines) is 1. The Morgan fingerprint density at radius 3 is 2.23 bits per heavy atom. The first kappa shape index (κ1) is 28.2. The fraction of sp³-hybridized carbons (Fsp3) is 0.640. The minimum absolute atomic E-state index is 0.0113. The summed E-state index contributed by atoms with van der Waals surface area (Å²) >= 11 is 0. The molecule has 1 aromatic carbocycles. The zero-order chi connectivity index (χ0) is 26.2. The largest absolute Gasteiger partial charge is 0.444 e. The van der Waals surface area contributed by atoms with E-state index in [1.54, 1.807) is 48.7 Å². The number of piperidine rings is 1. The van der Waals surface area contributed by atoms with Crippen LogP contribution in [0.5, 0.6) is 0 Å². The Morgan fingerprint density at radius 2 is 1.66 bits per heavy atom. The van der Waals surface area contributed by atoms with E-state index in [1.165, 1.54) is 4.90 Å². The molecule has 2 unspecified atom stereocenters. The molecule has 0 saturated carbocycles. The summed E-state index contributed by atoms with van der Waals surface area (Å²) in [5, 5.41) is 3.76. The van der Waals surface area contributed by atoms with Gasteiger partial charge in [-0.3, -0.25) is 0 Å². The maximum absolute atomic E-state index is 13.1. The molecular weight excluding hydrogens is 454 g/mol. The van der Waals surface area contributed by atoms with Gasteiger partial charge in [-0.05, 0) is 53.5 Å². The van der Waals surface area contributed by atoms with Crippen LogP contribution in [0.25, 0.3) is 0 Å². The molecule has 35 heavy (non-hydrogen) atoms. The molecule has 1 fully saturated rings. The van der Waals surface area contributed by atoms with Gasteiger partial charge in [-0.2, -0.15) is 0 Å².